The van der Waals surface area contributed by atoms with Crippen LogP contribution in [0.4, 0.5) is 5.00 Å². The molecule has 1 aromatic heterocycles. The molecule has 0 unspecified atom stereocenters. The summed E-state index contributed by atoms with van der Waals surface area (Å²) in [5.41, 5.74) is 1.44. The number of thiophene rings is 1. The van der Waals surface area contributed by atoms with Crippen molar-refractivity contribution in [1.29, 1.82) is 0 Å². The van der Waals surface area contributed by atoms with Crippen molar-refractivity contribution in [2.45, 2.75) is 20.3 Å². The van der Waals surface area contributed by atoms with Crippen LogP contribution in [0, 0.1) is 0 Å². The average molecular weight is 414 g/mol. The quantitative estimate of drug-likeness (QED) is 0.630. The van der Waals surface area contributed by atoms with E-state index in [4.69, 9.17) is 14.2 Å². The van der Waals surface area contributed by atoms with E-state index in [1.54, 1.807) is 37.4 Å². The molecule has 0 spiro atoms. The fourth-order valence-corrected chi connectivity index (χ4v) is 4.91. The van der Waals surface area contributed by atoms with Crippen molar-refractivity contribution in [2.24, 2.45) is 0 Å². The highest BCUT2D eigenvalue weighted by atomic mass is 32.2. The van der Waals surface area contributed by atoms with E-state index in [0.717, 1.165) is 11.3 Å². The number of carbonyl (C=O) groups excluding carboxylic acids is 1. The molecule has 7 nitrogen and oxygen atoms in total. The molecule has 0 bridgehead atoms. The molecule has 0 amide bonds. The van der Waals surface area contributed by atoms with E-state index in [-0.39, 0.29) is 22.9 Å². The number of carbonyl (C=O) groups is 1. The number of methoxy groups -OCH3 is 2. The first kappa shape index (κ1) is 21.0. The maximum Gasteiger partial charge on any atom is 0.341 e. The summed E-state index contributed by atoms with van der Waals surface area (Å²) in [5, 5.41) is 1.96. The summed E-state index contributed by atoms with van der Waals surface area (Å²) in [6, 6.07) is 5.23. The van der Waals surface area contributed by atoms with Crippen molar-refractivity contribution in [3.05, 3.63) is 29.1 Å². The Bertz CT molecular complexity index is 905. The van der Waals surface area contributed by atoms with Gasteiger partial charge >= 0.3 is 5.97 Å². The minimum absolute atomic E-state index is 0.0289. The highest BCUT2D eigenvalue weighted by molar-refractivity contribution is 7.92. The number of rotatable bonds is 9. The van der Waals surface area contributed by atoms with Gasteiger partial charge in [0.1, 0.15) is 10.6 Å². The van der Waals surface area contributed by atoms with Crippen LogP contribution in [0.1, 0.15) is 30.6 Å². The largest absolute Gasteiger partial charge is 0.493 e. The molecule has 1 heterocycles. The second-order valence-corrected chi connectivity index (χ2v) is 8.29. The highest BCUT2D eigenvalue weighted by Gasteiger charge is 2.24. The van der Waals surface area contributed by atoms with Gasteiger partial charge in [-0.15, -0.1) is 11.3 Å². The van der Waals surface area contributed by atoms with Gasteiger partial charge in [-0.05, 0) is 31.0 Å². The molecule has 0 atom stereocenters. The number of sulfonamides is 1. The Kier molecular flexibility index (Phi) is 7.09. The van der Waals surface area contributed by atoms with E-state index >= 15 is 0 Å². The number of ether oxygens (including phenoxy) is 3. The Morgan fingerprint density at radius 3 is 2.44 bits per heavy atom. The maximum atomic E-state index is 12.5. The predicted octanol–water partition coefficient (Wildman–Crippen LogP) is 3.76. The van der Waals surface area contributed by atoms with E-state index in [0.29, 0.717) is 29.0 Å². The van der Waals surface area contributed by atoms with Gasteiger partial charge < -0.3 is 14.2 Å². The van der Waals surface area contributed by atoms with Crippen molar-refractivity contribution < 1.29 is 27.4 Å². The van der Waals surface area contributed by atoms with Crippen LogP contribution in [-0.2, 0) is 14.8 Å². The van der Waals surface area contributed by atoms with Crippen molar-refractivity contribution in [1.82, 2.24) is 0 Å². The molecule has 0 aliphatic rings. The van der Waals surface area contributed by atoms with Crippen LogP contribution < -0.4 is 14.2 Å². The molecule has 1 N–H and O–H groups in total. The summed E-state index contributed by atoms with van der Waals surface area (Å²) in [7, 11) is -0.486. The Morgan fingerprint density at radius 2 is 1.85 bits per heavy atom. The first-order chi connectivity index (χ1) is 12.9. The molecule has 0 aliphatic heterocycles. The third kappa shape index (κ3) is 4.92. The van der Waals surface area contributed by atoms with Crippen LogP contribution >= 0.6 is 11.3 Å². The molecule has 0 aliphatic carbocycles. The van der Waals surface area contributed by atoms with Gasteiger partial charge in [0.15, 0.2) is 11.5 Å². The standard InChI is InChI=1S/C18H23NO6S2/c1-5-9-27(21,22)19-17-16(18(20)25-6-2)13(11-26-17)12-7-8-14(23-3)15(10-12)24-4/h7-8,10-11,19H,5-6,9H2,1-4H3. The van der Waals surface area contributed by atoms with Gasteiger partial charge in [0.25, 0.3) is 0 Å². The van der Waals surface area contributed by atoms with E-state index in [1.165, 1.54) is 14.2 Å². The molecular formula is C18H23NO6S2. The SMILES string of the molecule is CCCS(=O)(=O)Nc1scc(-c2ccc(OC)c(OC)c2)c1C(=O)OCC. The average Bonchev–Trinajstić information content (AvgIpc) is 3.03. The minimum Gasteiger partial charge on any atom is -0.493 e. The van der Waals surface area contributed by atoms with Gasteiger partial charge in [0.05, 0.1) is 26.6 Å². The topological polar surface area (TPSA) is 90.9 Å². The lowest BCUT2D eigenvalue weighted by molar-refractivity contribution is 0.0529. The van der Waals surface area contributed by atoms with Crippen molar-refractivity contribution in [3.8, 4) is 22.6 Å². The monoisotopic (exact) mass is 413 g/mol. The molecule has 0 radical (unpaired) electrons. The Morgan fingerprint density at radius 1 is 1.15 bits per heavy atom. The first-order valence-electron chi connectivity index (χ1n) is 8.38. The number of hydrogen-bond acceptors (Lipinski definition) is 7. The number of benzene rings is 1. The molecule has 9 heteroatoms. The Hall–Kier alpha value is -2.26. The van der Waals surface area contributed by atoms with E-state index < -0.39 is 16.0 Å². The molecule has 2 rings (SSSR count). The van der Waals surface area contributed by atoms with Crippen LogP contribution in [0.25, 0.3) is 11.1 Å². The number of esters is 1. The third-order valence-electron chi connectivity index (χ3n) is 3.69. The summed E-state index contributed by atoms with van der Waals surface area (Å²) in [6.45, 7) is 3.65. The van der Waals surface area contributed by atoms with Gasteiger partial charge in [0.2, 0.25) is 10.0 Å². The predicted molar refractivity (Wildman–Crippen MR) is 107 cm³/mol. The van der Waals surface area contributed by atoms with Gasteiger partial charge in [-0.3, -0.25) is 4.72 Å². The molecule has 1 aromatic carbocycles. The summed E-state index contributed by atoms with van der Waals surface area (Å²) in [6.07, 6.45) is 0.470. The van der Waals surface area contributed by atoms with E-state index in [9.17, 15) is 13.2 Å². The second-order valence-electron chi connectivity index (χ2n) is 5.56. The van der Waals surface area contributed by atoms with Gasteiger partial charge in [-0.1, -0.05) is 13.0 Å². The normalized spacial score (nSPS) is 11.1. The van der Waals surface area contributed by atoms with Crippen molar-refractivity contribution >= 4 is 32.3 Å². The van der Waals surface area contributed by atoms with Crippen molar-refractivity contribution in [2.75, 3.05) is 31.3 Å². The lowest BCUT2D eigenvalue weighted by Crippen LogP contribution is -2.17. The fraction of sp³-hybridized carbons (Fsp3) is 0.389. The fourth-order valence-electron chi connectivity index (χ4n) is 2.52. The zero-order chi connectivity index (χ0) is 20.0. The Labute approximate surface area is 163 Å². The number of nitrogens with one attached hydrogen (secondary N) is 1. The first-order valence-corrected chi connectivity index (χ1v) is 10.9. The minimum atomic E-state index is -3.54. The van der Waals surface area contributed by atoms with E-state index in [2.05, 4.69) is 4.72 Å². The van der Waals surface area contributed by atoms with E-state index in [1.807, 2.05) is 0 Å². The maximum absolute atomic E-state index is 12.5. The summed E-state index contributed by atoms with van der Waals surface area (Å²) in [5.74, 6) is 0.443. The molecule has 0 saturated heterocycles. The summed E-state index contributed by atoms with van der Waals surface area (Å²) < 4.78 is 42.5. The molecule has 2 aromatic rings. The van der Waals surface area contributed by atoms with Gasteiger partial charge in [0, 0.05) is 10.9 Å². The van der Waals surface area contributed by atoms with Gasteiger partial charge in [-0.25, -0.2) is 13.2 Å². The van der Waals surface area contributed by atoms with Crippen LogP contribution in [0.2, 0.25) is 0 Å². The number of anilines is 1. The zero-order valence-electron chi connectivity index (χ0n) is 15.7. The van der Waals surface area contributed by atoms with Crippen molar-refractivity contribution in [3.63, 3.8) is 0 Å². The Balaban J connectivity index is 2.55. The summed E-state index contributed by atoms with van der Waals surface area (Å²) in [4.78, 5) is 12.5. The van der Waals surface area contributed by atoms with Crippen LogP contribution in [-0.4, -0.2) is 41.0 Å². The van der Waals surface area contributed by atoms with Crippen LogP contribution in [0.15, 0.2) is 23.6 Å². The van der Waals surface area contributed by atoms with Crippen LogP contribution in [0.3, 0.4) is 0 Å². The third-order valence-corrected chi connectivity index (χ3v) is 6.17. The highest BCUT2D eigenvalue weighted by Crippen LogP contribution is 2.40. The number of hydrogen-bond donors (Lipinski definition) is 1. The molecule has 148 valence electrons. The molecule has 0 saturated carbocycles. The van der Waals surface area contributed by atoms with Crippen LogP contribution in [0.5, 0.6) is 11.5 Å². The summed E-state index contributed by atoms with van der Waals surface area (Å²) >= 11 is 1.14. The zero-order valence-corrected chi connectivity index (χ0v) is 17.3. The smallest absolute Gasteiger partial charge is 0.341 e. The lowest BCUT2D eigenvalue weighted by atomic mass is 10.0. The molecule has 0 fully saturated rings. The molecular weight excluding hydrogens is 390 g/mol. The lowest BCUT2D eigenvalue weighted by Gasteiger charge is -2.12. The van der Waals surface area contributed by atoms with Gasteiger partial charge in [-0.2, -0.15) is 0 Å². The molecule has 27 heavy (non-hydrogen) atoms. The second kappa shape index (κ2) is 9.09.